The number of non-ortho nitro benzene ring substituents is 1. The molecule has 0 radical (unpaired) electrons. The van der Waals surface area contributed by atoms with E-state index in [0.717, 1.165) is 10.9 Å². The monoisotopic (exact) mass is 268 g/mol. The second-order valence-corrected chi connectivity index (χ2v) is 6.40. The lowest BCUT2D eigenvalue weighted by Gasteiger charge is -2.03. The van der Waals surface area contributed by atoms with Crippen LogP contribution in [0.4, 0.5) is 5.69 Å². The molecule has 0 N–H and O–H groups in total. The fraction of sp³-hybridized carbons (Fsp3) is 0.273. The van der Waals surface area contributed by atoms with Gasteiger partial charge in [0.1, 0.15) is 9.84 Å². The maximum atomic E-state index is 11.1. The molecule has 0 amide bonds. The minimum absolute atomic E-state index is 0.0309. The molecule has 6 nitrogen and oxygen atoms in total. The molecule has 0 bridgehead atoms. The summed E-state index contributed by atoms with van der Waals surface area (Å²) in [5.74, 6) is 0.0494. The summed E-state index contributed by atoms with van der Waals surface area (Å²) in [6.45, 7) is 0.347. The van der Waals surface area contributed by atoms with Crippen LogP contribution in [0.15, 0.2) is 30.5 Å². The maximum absolute atomic E-state index is 11.1. The molecule has 0 spiro atoms. The van der Waals surface area contributed by atoms with E-state index in [1.54, 1.807) is 22.9 Å². The van der Waals surface area contributed by atoms with Crippen LogP contribution in [-0.2, 0) is 16.4 Å². The number of nitrogens with zero attached hydrogens (tertiary/aromatic N) is 2. The number of aromatic nitrogens is 1. The lowest BCUT2D eigenvalue weighted by molar-refractivity contribution is -0.384. The molecule has 0 atom stereocenters. The molecule has 0 aliphatic heterocycles. The quantitative estimate of drug-likeness (QED) is 0.623. The highest BCUT2D eigenvalue weighted by Gasteiger charge is 2.09. The van der Waals surface area contributed by atoms with Crippen molar-refractivity contribution in [2.75, 3.05) is 12.0 Å². The van der Waals surface area contributed by atoms with E-state index in [0.29, 0.717) is 6.54 Å². The first kappa shape index (κ1) is 12.6. The van der Waals surface area contributed by atoms with Crippen LogP contribution in [0.2, 0.25) is 0 Å². The molecule has 0 aliphatic carbocycles. The first-order chi connectivity index (χ1) is 8.37. The van der Waals surface area contributed by atoms with Gasteiger partial charge < -0.3 is 4.57 Å². The van der Waals surface area contributed by atoms with Gasteiger partial charge in [0.05, 0.1) is 10.7 Å². The SMILES string of the molecule is CS(=O)(=O)CCn1ccc2cc([N+](=O)[O-])ccc21. The van der Waals surface area contributed by atoms with Crippen LogP contribution < -0.4 is 0 Å². The molecule has 0 unspecified atom stereocenters. The average molecular weight is 268 g/mol. The van der Waals surface area contributed by atoms with Crippen LogP contribution in [0, 0.1) is 10.1 Å². The van der Waals surface area contributed by atoms with Crippen LogP contribution >= 0.6 is 0 Å². The summed E-state index contributed by atoms with van der Waals surface area (Å²) in [7, 11) is -3.02. The van der Waals surface area contributed by atoms with E-state index in [-0.39, 0.29) is 11.4 Å². The van der Waals surface area contributed by atoms with Crippen molar-refractivity contribution in [3.05, 3.63) is 40.6 Å². The highest BCUT2D eigenvalue weighted by molar-refractivity contribution is 7.90. The summed E-state index contributed by atoms with van der Waals surface area (Å²) in [6, 6.07) is 6.27. The van der Waals surface area contributed by atoms with Crippen LogP contribution in [0.5, 0.6) is 0 Å². The van der Waals surface area contributed by atoms with Crippen molar-refractivity contribution in [1.82, 2.24) is 4.57 Å². The van der Waals surface area contributed by atoms with Crippen molar-refractivity contribution in [2.24, 2.45) is 0 Å². The number of rotatable bonds is 4. The zero-order valence-electron chi connectivity index (χ0n) is 9.74. The Hall–Kier alpha value is -1.89. The van der Waals surface area contributed by atoms with Gasteiger partial charge in [0.15, 0.2) is 0 Å². The standard InChI is InChI=1S/C11H12N2O4S/c1-18(16,17)7-6-12-5-4-9-8-10(13(14)15)2-3-11(9)12/h2-5,8H,6-7H2,1H3. The number of nitro groups is 1. The van der Waals surface area contributed by atoms with Crippen molar-refractivity contribution in [1.29, 1.82) is 0 Å². The van der Waals surface area contributed by atoms with E-state index in [4.69, 9.17) is 0 Å². The van der Waals surface area contributed by atoms with Crippen molar-refractivity contribution in [3.8, 4) is 0 Å². The Kier molecular flexibility index (Phi) is 3.08. The van der Waals surface area contributed by atoms with Gasteiger partial charge in [0.2, 0.25) is 0 Å². The number of hydrogen-bond acceptors (Lipinski definition) is 4. The van der Waals surface area contributed by atoms with Gasteiger partial charge >= 0.3 is 0 Å². The third-order valence-electron chi connectivity index (χ3n) is 2.67. The summed E-state index contributed by atoms with van der Waals surface area (Å²) in [4.78, 5) is 10.2. The molecule has 7 heteroatoms. The Morgan fingerprint density at radius 1 is 1.33 bits per heavy atom. The molecule has 18 heavy (non-hydrogen) atoms. The largest absolute Gasteiger partial charge is 0.346 e. The summed E-state index contributed by atoms with van der Waals surface area (Å²) >= 11 is 0. The Balaban J connectivity index is 2.34. The zero-order chi connectivity index (χ0) is 13.3. The van der Waals surface area contributed by atoms with Gasteiger partial charge in [-0.25, -0.2) is 8.42 Å². The summed E-state index contributed by atoms with van der Waals surface area (Å²) < 4.78 is 24.0. The number of hydrogen-bond donors (Lipinski definition) is 0. The molecule has 1 aromatic heterocycles. The van der Waals surface area contributed by atoms with E-state index in [1.807, 2.05) is 0 Å². The van der Waals surface area contributed by atoms with Crippen molar-refractivity contribution < 1.29 is 13.3 Å². The third kappa shape index (κ3) is 2.67. The molecule has 0 saturated heterocycles. The second-order valence-electron chi connectivity index (χ2n) is 4.14. The van der Waals surface area contributed by atoms with Crippen molar-refractivity contribution >= 4 is 26.4 Å². The van der Waals surface area contributed by atoms with E-state index >= 15 is 0 Å². The summed E-state index contributed by atoms with van der Waals surface area (Å²) in [6.07, 6.45) is 2.92. The minimum Gasteiger partial charge on any atom is -0.346 e. The second kappa shape index (κ2) is 4.41. The zero-order valence-corrected chi connectivity index (χ0v) is 10.6. The number of nitro benzene ring substituents is 1. The first-order valence-electron chi connectivity index (χ1n) is 5.28. The first-order valence-corrected chi connectivity index (χ1v) is 7.34. The van der Waals surface area contributed by atoms with Crippen LogP contribution in [0.1, 0.15) is 0 Å². The van der Waals surface area contributed by atoms with Gasteiger partial charge in [-0.05, 0) is 12.1 Å². The molecule has 2 aromatic rings. The van der Waals surface area contributed by atoms with Gasteiger partial charge in [-0.1, -0.05) is 0 Å². The van der Waals surface area contributed by atoms with Crippen molar-refractivity contribution in [2.45, 2.75) is 6.54 Å². The molecular weight excluding hydrogens is 256 g/mol. The fourth-order valence-corrected chi connectivity index (χ4v) is 2.29. The Morgan fingerprint density at radius 3 is 2.67 bits per heavy atom. The van der Waals surface area contributed by atoms with Crippen LogP contribution in [0.3, 0.4) is 0 Å². The van der Waals surface area contributed by atoms with Gasteiger partial charge in [0.25, 0.3) is 5.69 Å². The summed E-state index contributed by atoms with van der Waals surface area (Å²) in [5.41, 5.74) is 0.826. The lowest BCUT2D eigenvalue weighted by atomic mass is 10.2. The van der Waals surface area contributed by atoms with E-state index in [2.05, 4.69) is 0 Å². The number of sulfone groups is 1. The Labute approximate surface area is 104 Å². The van der Waals surface area contributed by atoms with Gasteiger partial charge in [0, 0.05) is 42.0 Å². The van der Waals surface area contributed by atoms with Gasteiger partial charge in [-0.3, -0.25) is 10.1 Å². The Morgan fingerprint density at radius 2 is 2.06 bits per heavy atom. The predicted molar refractivity (Wildman–Crippen MR) is 68.3 cm³/mol. The highest BCUT2D eigenvalue weighted by atomic mass is 32.2. The van der Waals surface area contributed by atoms with Crippen molar-refractivity contribution in [3.63, 3.8) is 0 Å². The molecule has 2 rings (SSSR count). The molecule has 0 fully saturated rings. The number of fused-ring (bicyclic) bond motifs is 1. The third-order valence-corrected chi connectivity index (χ3v) is 3.59. The van der Waals surface area contributed by atoms with Gasteiger partial charge in [-0.2, -0.15) is 0 Å². The lowest BCUT2D eigenvalue weighted by Crippen LogP contribution is -2.10. The molecule has 1 aromatic carbocycles. The predicted octanol–water partition coefficient (Wildman–Crippen LogP) is 1.59. The molecule has 0 saturated carbocycles. The topological polar surface area (TPSA) is 82.2 Å². The normalized spacial score (nSPS) is 11.8. The average Bonchev–Trinajstić information content (AvgIpc) is 2.67. The minimum atomic E-state index is -3.02. The Bertz CT molecular complexity index is 703. The van der Waals surface area contributed by atoms with E-state index < -0.39 is 14.8 Å². The molecule has 0 aliphatic rings. The number of benzene rings is 1. The summed E-state index contributed by atoms with van der Waals surface area (Å²) in [5, 5.41) is 11.4. The highest BCUT2D eigenvalue weighted by Crippen LogP contribution is 2.21. The van der Waals surface area contributed by atoms with E-state index in [1.165, 1.54) is 18.4 Å². The van der Waals surface area contributed by atoms with Gasteiger partial charge in [-0.15, -0.1) is 0 Å². The van der Waals surface area contributed by atoms with Crippen LogP contribution in [-0.4, -0.2) is 29.9 Å². The molecule has 96 valence electrons. The van der Waals surface area contributed by atoms with Crippen LogP contribution in [0.25, 0.3) is 10.9 Å². The molecule has 1 heterocycles. The fourth-order valence-electron chi connectivity index (χ4n) is 1.76. The smallest absolute Gasteiger partial charge is 0.270 e. The maximum Gasteiger partial charge on any atom is 0.270 e. The number of aryl methyl sites for hydroxylation is 1. The van der Waals surface area contributed by atoms with E-state index in [9.17, 15) is 18.5 Å². The molecular formula is C11H12N2O4S.